The van der Waals surface area contributed by atoms with Crippen molar-refractivity contribution < 1.29 is 5.21 Å². The fraction of sp³-hybridized carbons (Fsp3) is 0.231. The van der Waals surface area contributed by atoms with E-state index in [-0.39, 0.29) is 5.56 Å². The predicted molar refractivity (Wildman–Crippen MR) is 70.0 cm³/mol. The van der Waals surface area contributed by atoms with Crippen LogP contribution < -0.4 is 5.56 Å². The molecule has 0 radical (unpaired) electrons. The highest BCUT2D eigenvalue weighted by molar-refractivity contribution is 5.80. The Kier molecular flexibility index (Phi) is 3.06. The van der Waals surface area contributed by atoms with Gasteiger partial charge in [0.25, 0.3) is 5.56 Å². The summed E-state index contributed by atoms with van der Waals surface area (Å²) in [6, 6.07) is 5.78. The minimum atomic E-state index is -0.228. The number of H-pyrrole nitrogens is 1. The molecule has 0 fully saturated rings. The summed E-state index contributed by atoms with van der Waals surface area (Å²) in [5.74, 6) is 0. The van der Waals surface area contributed by atoms with Gasteiger partial charge in [-0.15, -0.1) is 0 Å². The molecule has 0 bridgehead atoms. The van der Waals surface area contributed by atoms with Crippen LogP contribution in [0.3, 0.4) is 0 Å². The minimum Gasteiger partial charge on any atom is -0.411 e. The molecule has 0 amide bonds. The number of aromatic nitrogens is 2. The molecule has 1 aromatic carbocycles. The lowest BCUT2D eigenvalue weighted by Crippen LogP contribution is -2.17. The van der Waals surface area contributed by atoms with Gasteiger partial charge in [-0.25, -0.2) is 4.68 Å². The van der Waals surface area contributed by atoms with Crippen LogP contribution in [0.1, 0.15) is 22.4 Å². The molecule has 18 heavy (non-hydrogen) atoms. The van der Waals surface area contributed by atoms with E-state index in [1.807, 2.05) is 32.0 Å². The largest absolute Gasteiger partial charge is 0.411 e. The Hall–Kier alpha value is -2.30. The SMILES string of the molecule is Cc1ccc(-n2[nH]c(C)c(C=NO)c2=O)cc1C. The number of nitrogens with zero attached hydrogens (tertiary/aromatic N) is 2. The van der Waals surface area contributed by atoms with Crippen molar-refractivity contribution in [1.82, 2.24) is 9.78 Å². The quantitative estimate of drug-likeness (QED) is 0.482. The summed E-state index contributed by atoms with van der Waals surface area (Å²) in [6.07, 6.45) is 1.14. The summed E-state index contributed by atoms with van der Waals surface area (Å²) in [5, 5.41) is 14.4. The molecule has 0 saturated heterocycles. The molecular weight excluding hydrogens is 230 g/mol. The van der Waals surface area contributed by atoms with Gasteiger partial charge in [0.05, 0.1) is 17.5 Å². The first-order valence-corrected chi connectivity index (χ1v) is 5.61. The Balaban J connectivity index is 2.61. The molecule has 0 aliphatic rings. The van der Waals surface area contributed by atoms with E-state index in [0.717, 1.165) is 17.5 Å². The lowest BCUT2D eigenvalue weighted by atomic mass is 10.1. The Morgan fingerprint density at radius 3 is 2.61 bits per heavy atom. The minimum absolute atomic E-state index is 0.228. The van der Waals surface area contributed by atoms with Gasteiger partial charge in [-0.3, -0.25) is 9.89 Å². The second kappa shape index (κ2) is 4.52. The van der Waals surface area contributed by atoms with Crippen molar-refractivity contribution in [3.05, 3.63) is 50.9 Å². The highest BCUT2D eigenvalue weighted by Gasteiger charge is 2.11. The first-order chi connectivity index (χ1) is 8.54. The Morgan fingerprint density at radius 2 is 2.00 bits per heavy atom. The maximum atomic E-state index is 12.1. The van der Waals surface area contributed by atoms with E-state index in [9.17, 15) is 4.79 Å². The molecule has 1 aromatic heterocycles. The number of aryl methyl sites for hydroxylation is 3. The average molecular weight is 245 g/mol. The molecule has 94 valence electrons. The van der Waals surface area contributed by atoms with Crippen LogP contribution in [0.4, 0.5) is 0 Å². The number of rotatable bonds is 2. The topological polar surface area (TPSA) is 70.4 Å². The summed E-state index contributed by atoms with van der Waals surface area (Å²) in [6.45, 7) is 5.78. The van der Waals surface area contributed by atoms with Gasteiger partial charge in [0.15, 0.2) is 0 Å². The zero-order chi connectivity index (χ0) is 13.3. The average Bonchev–Trinajstić information content (AvgIpc) is 2.61. The number of oxime groups is 1. The van der Waals surface area contributed by atoms with E-state index in [1.54, 1.807) is 6.92 Å². The predicted octanol–water partition coefficient (Wildman–Crippen LogP) is 1.90. The van der Waals surface area contributed by atoms with Crippen LogP contribution in [-0.2, 0) is 0 Å². The van der Waals surface area contributed by atoms with E-state index < -0.39 is 0 Å². The molecule has 0 saturated carbocycles. The molecule has 0 spiro atoms. The highest BCUT2D eigenvalue weighted by Crippen LogP contribution is 2.12. The lowest BCUT2D eigenvalue weighted by Gasteiger charge is -2.05. The standard InChI is InChI=1S/C13H15N3O2/c1-8-4-5-11(6-9(8)2)16-13(17)12(7-14-18)10(3)15-16/h4-7,15,18H,1-3H3. The first-order valence-electron chi connectivity index (χ1n) is 5.61. The van der Waals surface area contributed by atoms with E-state index in [2.05, 4.69) is 10.3 Å². The molecule has 5 nitrogen and oxygen atoms in total. The molecule has 2 N–H and O–H groups in total. The third-order valence-electron chi connectivity index (χ3n) is 3.05. The van der Waals surface area contributed by atoms with Gasteiger partial charge in [0.2, 0.25) is 0 Å². The smallest absolute Gasteiger partial charge is 0.280 e. The number of hydrogen-bond donors (Lipinski definition) is 2. The zero-order valence-corrected chi connectivity index (χ0v) is 10.6. The first kappa shape index (κ1) is 12.2. The van der Waals surface area contributed by atoms with Crippen molar-refractivity contribution in [3.8, 4) is 5.69 Å². The van der Waals surface area contributed by atoms with Gasteiger partial charge in [-0.2, -0.15) is 0 Å². The number of benzene rings is 1. The van der Waals surface area contributed by atoms with Crippen molar-refractivity contribution in [3.63, 3.8) is 0 Å². The van der Waals surface area contributed by atoms with Gasteiger partial charge in [-0.05, 0) is 44.0 Å². The van der Waals surface area contributed by atoms with Crippen molar-refractivity contribution in [2.24, 2.45) is 5.16 Å². The summed E-state index contributed by atoms with van der Waals surface area (Å²) < 4.78 is 1.44. The number of aromatic amines is 1. The van der Waals surface area contributed by atoms with Crippen LogP contribution >= 0.6 is 0 Å². The van der Waals surface area contributed by atoms with Crippen molar-refractivity contribution in [1.29, 1.82) is 0 Å². The van der Waals surface area contributed by atoms with Crippen LogP contribution in [0, 0.1) is 20.8 Å². The Bertz CT molecular complexity index is 665. The Labute approximate surface area is 104 Å². The van der Waals surface area contributed by atoms with Crippen LogP contribution in [-0.4, -0.2) is 21.2 Å². The third kappa shape index (κ3) is 1.95. The van der Waals surface area contributed by atoms with Gasteiger partial charge in [0.1, 0.15) is 0 Å². The maximum Gasteiger partial charge on any atom is 0.280 e. The summed E-state index contributed by atoms with van der Waals surface area (Å²) >= 11 is 0. The molecule has 0 aliphatic carbocycles. The van der Waals surface area contributed by atoms with Crippen LogP contribution in [0.25, 0.3) is 5.69 Å². The van der Waals surface area contributed by atoms with Gasteiger partial charge >= 0.3 is 0 Å². The summed E-state index contributed by atoms with van der Waals surface area (Å²) in [4.78, 5) is 12.1. The normalized spacial score (nSPS) is 11.3. The molecule has 2 rings (SSSR count). The van der Waals surface area contributed by atoms with Gasteiger partial charge < -0.3 is 5.21 Å². The third-order valence-corrected chi connectivity index (χ3v) is 3.05. The van der Waals surface area contributed by atoms with Crippen molar-refractivity contribution in [2.75, 3.05) is 0 Å². The second-order valence-corrected chi connectivity index (χ2v) is 4.30. The van der Waals surface area contributed by atoms with Gasteiger partial charge in [0, 0.05) is 5.69 Å². The zero-order valence-electron chi connectivity index (χ0n) is 10.6. The van der Waals surface area contributed by atoms with E-state index >= 15 is 0 Å². The number of hydrogen-bond acceptors (Lipinski definition) is 3. The monoisotopic (exact) mass is 245 g/mol. The fourth-order valence-electron chi connectivity index (χ4n) is 1.82. The van der Waals surface area contributed by atoms with Crippen molar-refractivity contribution >= 4 is 6.21 Å². The van der Waals surface area contributed by atoms with Crippen LogP contribution in [0.2, 0.25) is 0 Å². The summed E-state index contributed by atoms with van der Waals surface area (Å²) in [5.41, 5.74) is 3.85. The summed E-state index contributed by atoms with van der Waals surface area (Å²) in [7, 11) is 0. The molecule has 2 aromatic rings. The van der Waals surface area contributed by atoms with E-state index in [4.69, 9.17) is 5.21 Å². The van der Waals surface area contributed by atoms with Crippen LogP contribution in [0.15, 0.2) is 28.1 Å². The molecule has 0 aliphatic heterocycles. The molecule has 1 heterocycles. The van der Waals surface area contributed by atoms with Gasteiger partial charge in [-0.1, -0.05) is 11.2 Å². The molecule has 0 atom stereocenters. The van der Waals surface area contributed by atoms with E-state index in [0.29, 0.717) is 11.3 Å². The number of nitrogens with one attached hydrogen (secondary N) is 1. The fourth-order valence-corrected chi connectivity index (χ4v) is 1.82. The van der Waals surface area contributed by atoms with E-state index in [1.165, 1.54) is 10.2 Å². The highest BCUT2D eigenvalue weighted by atomic mass is 16.4. The molecular formula is C13H15N3O2. The maximum absolute atomic E-state index is 12.1. The lowest BCUT2D eigenvalue weighted by molar-refractivity contribution is 0.322. The second-order valence-electron chi connectivity index (χ2n) is 4.30. The molecule has 0 unspecified atom stereocenters. The molecule has 5 heteroatoms. The van der Waals surface area contributed by atoms with Crippen molar-refractivity contribution in [2.45, 2.75) is 20.8 Å². The van der Waals surface area contributed by atoms with Crippen LogP contribution in [0.5, 0.6) is 0 Å². The Morgan fingerprint density at radius 1 is 1.28 bits per heavy atom.